The van der Waals surface area contributed by atoms with Gasteiger partial charge in [-0.05, 0) is 77.9 Å². The van der Waals surface area contributed by atoms with Gasteiger partial charge in [-0.25, -0.2) is 0 Å². The molecule has 1 amide bonds. The maximum atomic E-state index is 12.3. The van der Waals surface area contributed by atoms with Gasteiger partial charge in [-0.1, -0.05) is 17.7 Å². The first-order valence-corrected chi connectivity index (χ1v) is 8.79. The maximum Gasteiger partial charge on any atom is 0.257 e. The summed E-state index contributed by atoms with van der Waals surface area (Å²) < 4.78 is 6.14. The van der Waals surface area contributed by atoms with Crippen LogP contribution in [0.1, 0.15) is 22.8 Å². The molecule has 0 saturated heterocycles. The normalized spacial score (nSPS) is 10.2. The summed E-state index contributed by atoms with van der Waals surface area (Å²) in [6.07, 6.45) is 0. The lowest BCUT2D eigenvalue weighted by atomic mass is 10.2. The summed E-state index contributed by atoms with van der Waals surface area (Å²) in [6.45, 7) is 4.37. The van der Waals surface area contributed by atoms with E-state index in [0.717, 1.165) is 11.3 Å². The molecule has 2 N–H and O–H groups in total. The van der Waals surface area contributed by atoms with Gasteiger partial charge >= 0.3 is 0 Å². The molecule has 0 aliphatic rings. The van der Waals surface area contributed by atoms with Crippen molar-refractivity contribution in [1.82, 2.24) is 5.32 Å². The highest BCUT2D eigenvalue weighted by Gasteiger charge is 2.11. The topological polar surface area (TPSA) is 50.4 Å². The van der Waals surface area contributed by atoms with Gasteiger partial charge in [0.1, 0.15) is 5.75 Å². The number of thiocarbonyl (C=S) groups is 1. The second kappa shape index (κ2) is 8.46. The van der Waals surface area contributed by atoms with Crippen LogP contribution in [-0.4, -0.2) is 17.6 Å². The van der Waals surface area contributed by atoms with Crippen LogP contribution in [0.15, 0.2) is 40.9 Å². The van der Waals surface area contributed by atoms with Crippen molar-refractivity contribution in [3.05, 3.63) is 57.0 Å². The van der Waals surface area contributed by atoms with Crippen LogP contribution in [0, 0.1) is 6.92 Å². The molecule has 0 heterocycles. The highest BCUT2D eigenvalue weighted by molar-refractivity contribution is 9.10. The van der Waals surface area contributed by atoms with Crippen molar-refractivity contribution in [3.8, 4) is 5.75 Å². The van der Waals surface area contributed by atoms with Crippen molar-refractivity contribution in [1.29, 1.82) is 0 Å². The van der Waals surface area contributed by atoms with E-state index in [1.54, 1.807) is 30.3 Å². The summed E-state index contributed by atoms with van der Waals surface area (Å²) >= 11 is 14.6. The largest absolute Gasteiger partial charge is 0.493 e. The SMILES string of the molecule is CCOc1ccc(C(=O)NC(=S)Nc2cc(Cl)ccc2C)cc1Br. The smallest absolute Gasteiger partial charge is 0.257 e. The fourth-order valence-electron chi connectivity index (χ4n) is 1.97. The van der Waals surface area contributed by atoms with Crippen molar-refractivity contribution in [2.75, 3.05) is 11.9 Å². The standard InChI is InChI=1S/C17H16BrClN2O2S/c1-3-23-15-7-5-11(8-13(15)18)16(22)21-17(24)20-14-9-12(19)6-4-10(14)2/h4-9H,3H2,1-2H3,(H2,20,21,22,24). The van der Waals surface area contributed by atoms with Crippen LogP contribution < -0.4 is 15.4 Å². The third-order valence-corrected chi connectivity index (χ3v) is 4.23. The van der Waals surface area contributed by atoms with Crippen molar-refractivity contribution in [2.24, 2.45) is 0 Å². The molecule has 0 radical (unpaired) electrons. The third-order valence-electron chi connectivity index (χ3n) is 3.17. The maximum absolute atomic E-state index is 12.3. The summed E-state index contributed by atoms with van der Waals surface area (Å²) in [5.41, 5.74) is 2.19. The van der Waals surface area contributed by atoms with Gasteiger partial charge in [-0.3, -0.25) is 10.1 Å². The molecule has 0 unspecified atom stereocenters. The van der Waals surface area contributed by atoms with Crippen LogP contribution >= 0.6 is 39.7 Å². The zero-order valence-corrected chi connectivity index (χ0v) is 16.3. The van der Waals surface area contributed by atoms with Crippen LogP contribution in [0.2, 0.25) is 5.02 Å². The van der Waals surface area contributed by atoms with Crippen molar-refractivity contribution >= 4 is 56.5 Å². The predicted octanol–water partition coefficient (Wildman–Crippen LogP) is 4.94. The van der Waals surface area contributed by atoms with E-state index in [-0.39, 0.29) is 11.0 Å². The predicted molar refractivity (Wildman–Crippen MR) is 105 cm³/mol. The van der Waals surface area contributed by atoms with Gasteiger partial charge in [0.15, 0.2) is 5.11 Å². The lowest BCUT2D eigenvalue weighted by Crippen LogP contribution is -2.34. The summed E-state index contributed by atoms with van der Waals surface area (Å²) in [7, 11) is 0. The zero-order chi connectivity index (χ0) is 17.7. The molecule has 2 aromatic rings. The van der Waals surface area contributed by atoms with Crippen molar-refractivity contribution in [2.45, 2.75) is 13.8 Å². The number of nitrogens with one attached hydrogen (secondary N) is 2. The van der Waals surface area contributed by atoms with Crippen LogP contribution in [0.25, 0.3) is 0 Å². The molecule has 0 aliphatic heterocycles. The number of amides is 1. The first-order valence-electron chi connectivity index (χ1n) is 7.21. The van der Waals surface area contributed by atoms with Crippen LogP contribution in [-0.2, 0) is 0 Å². The van der Waals surface area contributed by atoms with Crippen molar-refractivity contribution < 1.29 is 9.53 Å². The number of aryl methyl sites for hydroxylation is 1. The van der Waals surface area contributed by atoms with Gasteiger partial charge < -0.3 is 10.1 Å². The Morgan fingerprint density at radius 2 is 2.04 bits per heavy atom. The molecule has 0 saturated carbocycles. The van der Waals surface area contributed by atoms with E-state index in [1.807, 2.05) is 19.9 Å². The minimum absolute atomic E-state index is 0.204. The molecule has 0 fully saturated rings. The molecular formula is C17H16BrClN2O2S. The Hall–Kier alpha value is -1.63. The minimum atomic E-state index is -0.309. The number of benzene rings is 2. The van der Waals surface area contributed by atoms with Crippen LogP contribution in [0.3, 0.4) is 0 Å². The molecule has 2 aromatic carbocycles. The molecule has 0 bridgehead atoms. The third kappa shape index (κ3) is 4.93. The van der Waals surface area contributed by atoms with E-state index in [0.29, 0.717) is 27.4 Å². The van der Waals surface area contributed by atoms with E-state index < -0.39 is 0 Å². The number of carbonyl (C=O) groups is 1. The molecule has 0 aliphatic carbocycles. The first kappa shape index (κ1) is 18.7. The second-order valence-electron chi connectivity index (χ2n) is 4.95. The Labute approximate surface area is 159 Å². The number of hydrogen-bond acceptors (Lipinski definition) is 3. The number of carbonyl (C=O) groups excluding carboxylic acids is 1. The Morgan fingerprint density at radius 1 is 1.29 bits per heavy atom. The van der Waals surface area contributed by atoms with E-state index in [2.05, 4.69) is 26.6 Å². The average Bonchev–Trinajstić information content (AvgIpc) is 2.53. The molecule has 7 heteroatoms. The molecule has 126 valence electrons. The number of rotatable bonds is 4. The van der Waals surface area contributed by atoms with Crippen LogP contribution in [0.5, 0.6) is 5.75 Å². The monoisotopic (exact) mass is 426 g/mol. The Balaban J connectivity index is 2.05. The molecule has 24 heavy (non-hydrogen) atoms. The number of halogens is 2. The average molecular weight is 428 g/mol. The van der Waals surface area contributed by atoms with Crippen LogP contribution in [0.4, 0.5) is 5.69 Å². The van der Waals surface area contributed by atoms with E-state index in [4.69, 9.17) is 28.6 Å². The second-order valence-corrected chi connectivity index (χ2v) is 6.64. The highest BCUT2D eigenvalue weighted by atomic mass is 79.9. The molecule has 0 aromatic heterocycles. The first-order chi connectivity index (χ1) is 11.4. The summed E-state index contributed by atoms with van der Waals surface area (Å²) in [4.78, 5) is 12.3. The van der Waals surface area contributed by atoms with Gasteiger partial charge in [0.25, 0.3) is 5.91 Å². The molecule has 2 rings (SSSR count). The summed E-state index contributed by atoms with van der Waals surface area (Å²) in [5.74, 6) is 0.375. The van der Waals surface area contributed by atoms with Gasteiger partial charge in [-0.2, -0.15) is 0 Å². The minimum Gasteiger partial charge on any atom is -0.493 e. The summed E-state index contributed by atoms with van der Waals surface area (Å²) in [6, 6.07) is 10.5. The zero-order valence-electron chi connectivity index (χ0n) is 13.2. The van der Waals surface area contributed by atoms with Gasteiger partial charge in [0.2, 0.25) is 0 Å². The van der Waals surface area contributed by atoms with E-state index >= 15 is 0 Å². The number of hydrogen-bond donors (Lipinski definition) is 2. The van der Waals surface area contributed by atoms with Gasteiger partial charge in [0, 0.05) is 16.3 Å². The number of ether oxygens (including phenoxy) is 1. The quantitative estimate of drug-likeness (QED) is 0.679. The summed E-state index contributed by atoms with van der Waals surface area (Å²) in [5, 5.41) is 6.42. The Bertz CT molecular complexity index is 783. The lowest BCUT2D eigenvalue weighted by Gasteiger charge is -2.13. The lowest BCUT2D eigenvalue weighted by molar-refractivity contribution is 0.0977. The highest BCUT2D eigenvalue weighted by Crippen LogP contribution is 2.26. The molecule has 0 spiro atoms. The van der Waals surface area contributed by atoms with Crippen molar-refractivity contribution in [3.63, 3.8) is 0 Å². The Kier molecular flexibility index (Phi) is 6.60. The molecule has 0 atom stereocenters. The van der Waals surface area contributed by atoms with Gasteiger partial charge in [0.05, 0.1) is 11.1 Å². The van der Waals surface area contributed by atoms with E-state index in [1.165, 1.54) is 0 Å². The fraction of sp³-hybridized carbons (Fsp3) is 0.176. The number of anilines is 1. The Morgan fingerprint density at radius 3 is 2.71 bits per heavy atom. The van der Waals surface area contributed by atoms with Gasteiger partial charge in [-0.15, -0.1) is 0 Å². The van der Waals surface area contributed by atoms with E-state index in [9.17, 15) is 4.79 Å². The molecule has 4 nitrogen and oxygen atoms in total. The fourth-order valence-corrected chi connectivity index (χ4v) is 2.84. The molecular weight excluding hydrogens is 412 g/mol.